The number of hydrogen-bond donors (Lipinski definition) is 1. The van der Waals surface area contributed by atoms with Gasteiger partial charge in [-0.1, -0.05) is 24.3 Å². The van der Waals surface area contributed by atoms with Crippen molar-refractivity contribution in [3.05, 3.63) is 35.4 Å². The Kier molecular flexibility index (Phi) is 8.60. The lowest BCUT2D eigenvalue weighted by atomic mass is 9.93. The molecular formula is C16H26Cl2N2O. The average molecular weight is 333 g/mol. The van der Waals surface area contributed by atoms with Crippen LogP contribution < -0.4 is 5.32 Å². The molecule has 0 saturated carbocycles. The van der Waals surface area contributed by atoms with Gasteiger partial charge < -0.3 is 10.1 Å². The molecule has 0 aromatic heterocycles. The number of benzene rings is 1. The number of halogens is 2. The fourth-order valence-electron chi connectivity index (χ4n) is 3.11. The molecule has 1 fully saturated rings. The van der Waals surface area contributed by atoms with Crippen LogP contribution in [0.2, 0.25) is 0 Å². The molecule has 3 nitrogen and oxygen atoms in total. The SMILES string of the molecule is Cl.Cl.c1ccc2c(c1)CN[C@H](CCCN1CCOCC1)C2. The fraction of sp³-hybridized carbons (Fsp3) is 0.625. The first-order chi connectivity index (χ1) is 9.42. The van der Waals surface area contributed by atoms with E-state index in [1.807, 2.05) is 0 Å². The second-order valence-corrected chi connectivity index (χ2v) is 5.65. The number of morpholine rings is 1. The van der Waals surface area contributed by atoms with E-state index in [-0.39, 0.29) is 24.8 Å². The van der Waals surface area contributed by atoms with Gasteiger partial charge in [-0.15, -0.1) is 24.8 Å². The van der Waals surface area contributed by atoms with Gasteiger partial charge in [-0.25, -0.2) is 0 Å². The highest BCUT2D eigenvalue weighted by Crippen LogP contribution is 2.18. The number of rotatable bonds is 4. The molecule has 1 aromatic rings. The maximum atomic E-state index is 5.38. The third-order valence-corrected chi connectivity index (χ3v) is 4.30. The van der Waals surface area contributed by atoms with Crippen molar-refractivity contribution in [1.82, 2.24) is 10.2 Å². The van der Waals surface area contributed by atoms with Gasteiger partial charge in [0.2, 0.25) is 0 Å². The summed E-state index contributed by atoms with van der Waals surface area (Å²) in [6.45, 7) is 6.31. The van der Waals surface area contributed by atoms with Crippen LogP contribution in [0.25, 0.3) is 0 Å². The topological polar surface area (TPSA) is 24.5 Å². The standard InChI is InChI=1S/C16H24N2O.2ClH/c1-2-5-15-13-17-16(12-14(15)4-1)6-3-7-18-8-10-19-11-9-18;;/h1-2,4-5,16-17H,3,6-13H2;2*1H/t16-;;/m1../s1. The predicted octanol–water partition coefficient (Wildman–Crippen LogP) is 2.66. The number of fused-ring (bicyclic) bond motifs is 1. The van der Waals surface area contributed by atoms with Crippen LogP contribution in [0.5, 0.6) is 0 Å². The minimum Gasteiger partial charge on any atom is -0.379 e. The Morgan fingerprint density at radius 3 is 2.57 bits per heavy atom. The summed E-state index contributed by atoms with van der Waals surface area (Å²) in [6, 6.07) is 9.49. The van der Waals surface area contributed by atoms with Crippen molar-refractivity contribution in [2.75, 3.05) is 32.8 Å². The minimum atomic E-state index is 0. The molecule has 2 heterocycles. The summed E-state index contributed by atoms with van der Waals surface area (Å²) in [5, 5.41) is 3.67. The molecule has 0 aliphatic carbocycles. The Hall–Kier alpha value is -0.320. The van der Waals surface area contributed by atoms with Gasteiger partial charge in [0.15, 0.2) is 0 Å². The molecular weight excluding hydrogens is 307 g/mol. The lowest BCUT2D eigenvalue weighted by molar-refractivity contribution is 0.0368. The van der Waals surface area contributed by atoms with Gasteiger partial charge in [0.05, 0.1) is 13.2 Å². The van der Waals surface area contributed by atoms with E-state index in [1.54, 1.807) is 0 Å². The van der Waals surface area contributed by atoms with Crippen molar-refractivity contribution in [3.63, 3.8) is 0 Å². The molecule has 2 aliphatic heterocycles. The van der Waals surface area contributed by atoms with Crippen molar-refractivity contribution in [2.45, 2.75) is 31.8 Å². The van der Waals surface area contributed by atoms with Gasteiger partial charge in [0, 0.05) is 25.7 Å². The molecule has 1 atom stereocenters. The number of nitrogens with one attached hydrogen (secondary N) is 1. The van der Waals surface area contributed by atoms with Gasteiger partial charge >= 0.3 is 0 Å². The van der Waals surface area contributed by atoms with Crippen molar-refractivity contribution in [2.24, 2.45) is 0 Å². The number of hydrogen-bond acceptors (Lipinski definition) is 3. The number of nitrogens with zero attached hydrogens (tertiary/aromatic N) is 1. The third-order valence-electron chi connectivity index (χ3n) is 4.30. The molecule has 0 amide bonds. The molecule has 0 bridgehead atoms. The first-order valence-electron chi connectivity index (χ1n) is 7.52. The van der Waals surface area contributed by atoms with Gasteiger partial charge in [-0.05, 0) is 36.9 Å². The van der Waals surface area contributed by atoms with E-state index in [0.29, 0.717) is 6.04 Å². The summed E-state index contributed by atoms with van der Waals surface area (Å²) >= 11 is 0. The molecule has 1 N–H and O–H groups in total. The molecule has 3 rings (SSSR count). The van der Waals surface area contributed by atoms with Crippen LogP contribution in [0, 0.1) is 0 Å². The summed E-state index contributed by atoms with van der Waals surface area (Å²) < 4.78 is 5.38. The Labute approximate surface area is 140 Å². The van der Waals surface area contributed by atoms with Crippen LogP contribution in [-0.4, -0.2) is 43.8 Å². The smallest absolute Gasteiger partial charge is 0.0594 e. The van der Waals surface area contributed by atoms with E-state index < -0.39 is 0 Å². The van der Waals surface area contributed by atoms with Crippen molar-refractivity contribution >= 4 is 24.8 Å². The highest BCUT2D eigenvalue weighted by atomic mass is 35.5. The second kappa shape index (κ2) is 9.65. The number of ether oxygens (including phenoxy) is 1. The van der Waals surface area contributed by atoms with Crippen molar-refractivity contribution in [3.8, 4) is 0 Å². The maximum absolute atomic E-state index is 5.38. The van der Waals surface area contributed by atoms with Crippen LogP contribution >= 0.6 is 24.8 Å². The van der Waals surface area contributed by atoms with E-state index in [4.69, 9.17) is 4.74 Å². The monoisotopic (exact) mass is 332 g/mol. The third kappa shape index (κ3) is 5.42. The highest BCUT2D eigenvalue weighted by molar-refractivity contribution is 5.85. The van der Waals surface area contributed by atoms with E-state index in [1.165, 1.54) is 36.9 Å². The molecule has 1 saturated heterocycles. The van der Waals surface area contributed by atoms with Crippen LogP contribution in [0.15, 0.2) is 24.3 Å². The minimum absolute atomic E-state index is 0. The Bertz CT molecular complexity index is 411. The Morgan fingerprint density at radius 2 is 1.81 bits per heavy atom. The van der Waals surface area contributed by atoms with Crippen molar-refractivity contribution in [1.29, 1.82) is 0 Å². The van der Waals surface area contributed by atoms with E-state index in [0.717, 1.165) is 32.8 Å². The molecule has 0 unspecified atom stereocenters. The predicted molar refractivity (Wildman–Crippen MR) is 91.8 cm³/mol. The molecule has 21 heavy (non-hydrogen) atoms. The molecule has 2 aliphatic rings. The average Bonchev–Trinajstić information content (AvgIpc) is 2.48. The van der Waals surface area contributed by atoms with E-state index in [2.05, 4.69) is 34.5 Å². The van der Waals surface area contributed by atoms with Crippen LogP contribution in [0.4, 0.5) is 0 Å². The molecule has 120 valence electrons. The highest BCUT2D eigenvalue weighted by Gasteiger charge is 2.17. The Balaban J connectivity index is 0.00000110. The lowest BCUT2D eigenvalue weighted by Crippen LogP contribution is -2.39. The summed E-state index contributed by atoms with van der Waals surface area (Å²) in [4.78, 5) is 2.53. The zero-order valence-electron chi connectivity index (χ0n) is 12.4. The first-order valence-corrected chi connectivity index (χ1v) is 7.52. The fourth-order valence-corrected chi connectivity index (χ4v) is 3.11. The summed E-state index contributed by atoms with van der Waals surface area (Å²) in [5.41, 5.74) is 3.02. The summed E-state index contributed by atoms with van der Waals surface area (Å²) in [6.07, 6.45) is 3.77. The zero-order valence-corrected chi connectivity index (χ0v) is 14.1. The van der Waals surface area contributed by atoms with Gasteiger partial charge in [-0.3, -0.25) is 4.90 Å². The normalized spacial score (nSPS) is 21.8. The van der Waals surface area contributed by atoms with Gasteiger partial charge in [-0.2, -0.15) is 0 Å². The molecule has 0 spiro atoms. The first kappa shape index (κ1) is 18.7. The molecule has 0 radical (unpaired) electrons. The summed E-state index contributed by atoms with van der Waals surface area (Å²) in [7, 11) is 0. The summed E-state index contributed by atoms with van der Waals surface area (Å²) in [5.74, 6) is 0. The van der Waals surface area contributed by atoms with Gasteiger partial charge in [0.25, 0.3) is 0 Å². The molecule has 5 heteroatoms. The Morgan fingerprint density at radius 1 is 1.10 bits per heavy atom. The van der Waals surface area contributed by atoms with E-state index >= 15 is 0 Å². The largest absolute Gasteiger partial charge is 0.379 e. The second-order valence-electron chi connectivity index (χ2n) is 5.65. The van der Waals surface area contributed by atoms with Crippen LogP contribution in [0.1, 0.15) is 24.0 Å². The maximum Gasteiger partial charge on any atom is 0.0594 e. The zero-order chi connectivity index (χ0) is 12.9. The van der Waals surface area contributed by atoms with Crippen LogP contribution in [0.3, 0.4) is 0 Å². The van der Waals surface area contributed by atoms with Crippen LogP contribution in [-0.2, 0) is 17.7 Å². The quantitative estimate of drug-likeness (QED) is 0.917. The van der Waals surface area contributed by atoms with Gasteiger partial charge in [0.1, 0.15) is 0 Å². The molecule has 1 aromatic carbocycles. The lowest BCUT2D eigenvalue weighted by Gasteiger charge is -2.29. The van der Waals surface area contributed by atoms with E-state index in [9.17, 15) is 0 Å². The van der Waals surface area contributed by atoms with Crippen molar-refractivity contribution < 1.29 is 4.74 Å².